The van der Waals surface area contributed by atoms with Gasteiger partial charge in [0, 0.05) is 36.5 Å². The molecule has 1 N–H and O–H groups in total. The second-order valence-corrected chi connectivity index (χ2v) is 6.11. The fraction of sp³-hybridized carbons (Fsp3) is 0.562. The maximum absolute atomic E-state index is 12.0. The van der Waals surface area contributed by atoms with Gasteiger partial charge in [0.05, 0.1) is 6.54 Å². The molecule has 0 atom stereocenters. The van der Waals surface area contributed by atoms with Crippen LogP contribution in [0.5, 0.6) is 0 Å². The third kappa shape index (κ3) is 5.00. The molecule has 0 bridgehead atoms. The summed E-state index contributed by atoms with van der Waals surface area (Å²) in [5.41, 5.74) is 2.50. The SMILES string of the molecule is CCOCCCCNC(=O)CN1CCc2cc(Br)ccc21. The number of hydrogen-bond donors (Lipinski definition) is 1. The summed E-state index contributed by atoms with van der Waals surface area (Å²) in [6.07, 6.45) is 2.97. The van der Waals surface area contributed by atoms with E-state index < -0.39 is 0 Å². The summed E-state index contributed by atoms with van der Waals surface area (Å²) in [6.45, 7) is 5.63. The highest BCUT2D eigenvalue weighted by Gasteiger charge is 2.20. The normalized spacial score (nSPS) is 13.3. The number of amides is 1. The van der Waals surface area contributed by atoms with E-state index in [1.165, 1.54) is 11.3 Å². The Morgan fingerprint density at radius 1 is 1.43 bits per heavy atom. The van der Waals surface area contributed by atoms with E-state index in [0.29, 0.717) is 6.54 Å². The van der Waals surface area contributed by atoms with Crippen LogP contribution in [0.1, 0.15) is 25.3 Å². The van der Waals surface area contributed by atoms with Gasteiger partial charge < -0.3 is 15.0 Å². The Balaban J connectivity index is 1.70. The number of hydrogen-bond acceptors (Lipinski definition) is 3. The summed E-state index contributed by atoms with van der Waals surface area (Å²) in [7, 11) is 0. The van der Waals surface area contributed by atoms with Gasteiger partial charge in [0.2, 0.25) is 5.91 Å². The first-order valence-electron chi connectivity index (χ1n) is 7.58. The van der Waals surface area contributed by atoms with Crippen LogP contribution >= 0.6 is 15.9 Å². The fourth-order valence-electron chi connectivity index (χ4n) is 2.53. The summed E-state index contributed by atoms with van der Waals surface area (Å²) in [5, 5.41) is 2.98. The number of fused-ring (bicyclic) bond motifs is 1. The van der Waals surface area contributed by atoms with Crippen LogP contribution in [0.2, 0.25) is 0 Å². The molecular formula is C16H23BrN2O2. The molecule has 1 aromatic carbocycles. The highest BCUT2D eigenvalue weighted by Crippen LogP contribution is 2.30. The lowest BCUT2D eigenvalue weighted by molar-refractivity contribution is -0.119. The summed E-state index contributed by atoms with van der Waals surface area (Å²) in [5.74, 6) is 0.0992. The number of anilines is 1. The summed E-state index contributed by atoms with van der Waals surface area (Å²) in [4.78, 5) is 14.1. The van der Waals surface area contributed by atoms with E-state index in [0.717, 1.165) is 50.0 Å². The lowest BCUT2D eigenvalue weighted by Crippen LogP contribution is -2.36. The number of nitrogens with zero attached hydrogens (tertiary/aromatic N) is 1. The second kappa shape index (κ2) is 8.39. The maximum atomic E-state index is 12.0. The predicted molar refractivity (Wildman–Crippen MR) is 88.8 cm³/mol. The zero-order chi connectivity index (χ0) is 15.1. The van der Waals surface area contributed by atoms with Gasteiger partial charge in [-0.25, -0.2) is 0 Å². The van der Waals surface area contributed by atoms with Crippen LogP contribution in [0, 0.1) is 0 Å². The van der Waals surface area contributed by atoms with Crippen LogP contribution in [-0.2, 0) is 16.0 Å². The first kappa shape index (κ1) is 16.3. The molecule has 21 heavy (non-hydrogen) atoms. The largest absolute Gasteiger partial charge is 0.382 e. The number of benzene rings is 1. The Bertz CT molecular complexity index is 479. The number of carbonyl (C=O) groups is 1. The summed E-state index contributed by atoms with van der Waals surface area (Å²) in [6, 6.07) is 6.26. The van der Waals surface area contributed by atoms with Crippen LogP contribution in [0.3, 0.4) is 0 Å². The third-order valence-corrected chi connectivity index (χ3v) is 4.10. The number of ether oxygens (including phenoxy) is 1. The fourth-order valence-corrected chi connectivity index (χ4v) is 2.94. The van der Waals surface area contributed by atoms with Crippen molar-refractivity contribution in [1.29, 1.82) is 0 Å². The minimum absolute atomic E-state index is 0.0992. The molecule has 1 amide bonds. The average Bonchev–Trinajstić information content (AvgIpc) is 2.85. The van der Waals surface area contributed by atoms with Crippen LogP contribution in [0.15, 0.2) is 22.7 Å². The van der Waals surface area contributed by atoms with Gasteiger partial charge in [-0.05, 0) is 49.9 Å². The zero-order valence-corrected chi connectivity index (χ0v) is 14.1. The molecule has 5 heteroatoms. The molecule has 0 aliphatic carbocycles. The van der Waals surface area contributed by atoms with Crippen molar-refractivity contribution >= 4 is 27.5 Å². The predicted octanol–water partition coefficient (Wildman–Crippen LogP) is 2.74. The van der Waals surface area contributed by atoms with Gasteiger partial charge in [0.1, 0.15) is 0 Å². The van der Waals surface area contributed by atoms with Crippen molar-refractivity contribution in [3.05, 3.63) is 28.2 Å². The van der Waals surface area contributed by atoms with Gasteiger partial charge in [0.25, 0.3) is 0 Å². The molecule has 1 heterocycles. The van der Waals surface area contributed by atoms with Crippen LogP contribution in [0.25, 0.3) is 0 Å². The van der Waals surface area contributed by atoms with Gasteiger partial charge in [-0.3, -0.25) is 4.79 Å². The summed E-state index contributed by atoms with van der Waals surface area (Å²) < 4.78 is 6.37. The van der Waals surface area contributed by atoms with Crippen molar-refractivity contribution in [1.82, 2.24) is 5.32 Å². The molecule has 0 fully saturated rings. The van der Waals surface area contributed by atoms with E-state index >= 15 is 0 Å². The minimum Gasteiger partial charge on any atom is -0.382 e. The Kier molecular flexibility index (Phi) is 6.51. The quantitative estimate of drug-likeness (QED) is 0.729. The monoisotopic (exact) mass is 354 g/mol. The molecule has 1 aliphatic rings. The lowest BCUT2D eigenvalue weighted by Gasteiger charge is -2.18. The van der Waals surface area contributed by atoms with E-state index in [1.807, 2.05) is 13.0 Å². The van der Waals surface area contributed by atoms with Crippen LogP contribution in [-0.4, -0.2) is 38.8 Å². The Morgan fingerprint density at radius 2 is 2.29 bits per heavy atom. The van der Waals surface area contributed by atoms with Crippen molar-refractivity contribution in [2.75, 3.05) is 37.7 Å². The van der Waals surface area contributed by atoms with Crippen molar-refractivity contribution in [3.63, 3.8) is 0 Å². The smallest absolute Gasteiger partial charge is 0.239 e. The van der Waals surface area contributed by atoms with Crippen molar-refractivity contribution in [2.45, 2.75) is 26.2 Å². The number of carbonyl (C=O) groups excluding carboxylic acids is 1. The van der Waals surface area contributed by atoms with E-state index in [2.05, 4.69) is 38.3 Å². The zero-order valence-electron chi connectivity index (χ0n) is 12.5. The number of rotatable bonds is 8. The second-order valence-electron chi connectivity index (χ2n) is 5.20. The summed E-state index contributed by atoms with van der Waals surface area (Å²) >= 11 is 3.49. The van der Waals surface area contributed by atoms with Gasteiger partial charge in [0.15, 0.2) is 0 Å². The molecule has 0 spiro atoms. The molecule has 116 valence electrons. The van der Waals surface area contributed by atoms with Crippen molar-refractivity contribution < 1.29 is 9.53 Å². The highest BCUT2D eigenvalue weighted by molar-refractivity contribution is 9.10. The maximum Gasteiger partial charge on any atom is 0.239 e. The molecule has 1 aliphatic heterocycles. The standard InChI is InChI=1S/C16H23BrN2O2/c1-2-21-10-4-3-8-18-16(20)12-19-9-7-13-11-14(17)5-6-15(13)19/h5-6,11H,2-4,7-10,12H2,1H3,(H,18,20). The van der Waals surface area contributed by atoms with E-state index in [-0.39, 0.29) is 5.91 Å². The highest BCUT2D eigenvalue weighted by atomic mass is 79.9. The minimum atomic E-state index is 0.0992. The topological polar surface area (TPSA) is 41.6 Å². The van der Waals surface area contributed by atoms with E-state index in [4.69, 9.17) is 4.74 Å². The molecule has 0 radical (unpaired) electrons. The molecule has 0 unspecified atom stereocenters. The molecular weight excluding hydrogens is 332 g/mol. The van der Waals surface area contributed by atoms with E-state index in [1.54, 1.807) is 0 Å². The molecule has 0 saturated carbocycles. The Labute approximate surface area is 135 Å². The van der Waals surface area contributed by atoms with Crippen molar-refractivity contribution in [3.8, 4) is 0 Å². The Morgan fingerprint density at radius 3 is 3.10 bits per heavy atom. The van der Waals surface area contributed by atoms with Gasteiger partial charge in [-0.2, -0.15) is 0 Å². The molecule has 2 rings (SSSR count). The number of unbranched alkanes of at least 4 members (excludes halogenated alkanes) is 1. The first-order chi connectivity index (χ1) is 10.2. The van der Waals surface area contributed by atoms with E-state index in [9.17, 15) is 4.79 Å². The lowest BCUT2D eigenvalue weighted by atomic mass is 10.2. The number of halogens is 1. The molecule has 0 saturated heterocycles. The molecule has 0 aromatic heterocycles. The average molecular weight is 355 g/mol. The molecule has 4 nitrogen and oxygen atoms in total. The number of nitrogens with one attached hydrogen (secondary N) is 1. The van der Waals surface area contributed by atoms with Gasteiger partial charge in [-0.15, -0.1) is 0 Å². The van der Waals surface area contributed by atoms with Crippen molar-refractivity contribution in [2.24, 2.45) is 0 Å². The molecule has 1 aromatic rings. The Hall–Kier alpha value is -1.07. The van der Waals surface area contributed by atoms with Gasteiger partial charge in [-0.1, -0.05) is 15.9 Å². The third-order valence-electron chi connectivity index (χ3n) is 3.61. The van der Waals surface area contributed by atoms with Crippen LogP contribution in [0.4, 0.5) is 5.69 Å². The van der Waals surface area contributed by atoms with Crippen LogP contribution < -0.4 is 10.2 Å². The first-order valence-corrected chi connectivity index (χ1v) is 8.38. The van der Waals surface area contributed by atoms with Gasteiger partial charge >= 0.3 is 0 Å².